The molecular formula is C12H11N5O2S. The van der Waals surface area contributed by atoms with Crippen LogP contribution in [0.2, 0.25) is 0 Å². The summed E-state index contributed by atoms with van der Waals surface area (Å²) in [6, 6.07) is 6.44. The molecule has 0 unspecified atom stereocenters. The van der Waals surface area contributed by atoms with E-state index >= 15 is 0 Å². The molecule has 3 heterocycles. The molecule has 0 bridgehead atoms. The molecule has 0 fully saturated rings. The lowest BCUT2D eigenvalue weighted by molar-refractivity contribution is 0.601. The van der Waals surface area contributed by atoms with Crippen LogP contribution in [0.15, 0.2) is 53.9 Å². The van der Waals surface area contributed by atoms with Gasteiger partial charge < -0.3 is 0 Å². The minimum atomic E-state index is -3.35. The number of nitrogens with zero attached hydrogens (tertiary/aromatic N) is 5. The summed E-state index contributed by atoms with van der Waals surface area (Å²) in [5.41, 5.74) is 0. The molecule has 0 radical (unpaired) electrons. The van der Waals surface area contributed by atoms with Crippen LogP contribution in [0.5, 0.6) is 0 Å². The van der Waals surface area contributed by atoms with Crippen molar-refractivity contribution in [1.29, 1.82) is 0 Å². The highest BCUT2D eigenvalue weighted by atomic mass is 32.2. The van der Waals surface area contributed by atoms with Gasteiger partial charge in [-0.15, -0.1) is 0 Å². The van der Waals surface area contributed by atoms with Crippen molar-refractivity contribution < 1.29 is 8.42 Å². The summed E-state index contributed by atoms with van der Waals surface area (Å²) in [6.07, 6.45) is 7.75. The fraction of sp³-hybridized carbons (Fsp3) is 0.0833. The van der Waals surface area contributed by atoms with Crippen LogP contribution in [0, 0.1) is 0 Å². The summed E-state index contributed by atoms with van der Waals surface area (Å²) < 4.78 is 26.6. The molecule has 0 aliphatic rings. The van der Waals surface area contributed by atoms with Gasteiger partial charge >= 0.3 is 0 Å². The zero-order chi connectivity index (χ0) is 14.2. The maximum absolute atomic E-state index is 11.8. The van der Waals surface area contributed by atoms with Crippen molar-refractivity contribution >= 4 is 9.84 Å². The Morgan fingerprint density at radius 3 is 1.80 bits per heavy atom. The van der Waals surface area contributed by atoms with Crippen LogP contribution in [-0.2, 0) is 9.84 Å². The van der Waals surface area contributed by atoms with Crippen molar-refractivity contribution in [1.82, 2.24) is 24.5 Å². The van der Waals surface area contributed by atoms with E-state index in [2.05, 4.69) is 15.2 Å². The van der Waals surface area contributed by atoms with E-state index in [9.17, 15) is 8.42 Å². The molecule has 102 valence electrons. The molecule has 8 heteroatoms. The predicted octanol–water partition coefficient (Wildman–Crippen LogP) is 0.857. The van der Waals surface area contributed by atoms with E-state index in [0.29, 0.717) is 11.6 Å². The van der Waals surface area contributed by atoms with Gasteiger partial charge in [0.2, 0.25) is 0 Å². The standard InChI is InChI=1S/C12H11N5O2S/c1-20(18,19)10-8-11(16-6-2-4-13-16)15-12(9-10)17-7-3-5-14-17/h2-9H,1H3. The third-order valence-corrected chi connectivity index (χ3v) is 3.77. The van der Waals surface area contributed by atoms with Gasteiger partial charge in [0.15, 0.2) is 21.5 Å². The van der Waals surface area contributed by atoms with Crippen LogP contribution in [0.25, 0.3) is 11.6 Å². The Hall–Kier alpha value is -2.48. The van der Waals surface area contributed by atoms with Crippen LogP contribution in [0.3, 0.4) is 0 Å². The average Bonchev–Trinajstić information content (AvgIpc) is 3.10. The minimum Gasteiger partial charge on any atom is -0.224 e. The Morgan fingerprint density at radius 1 is 0.950 bits per heavy atom. The van der Waals surface area contributed by atoms with Crippen LogP contribution < -0.4 is 0 Å². The first-order chi connectivity index (χ1) is 9.54. The molecule has 0 saturated heterocycles. The average molecular weight is 289 g/mol. The van der Waals surface area contributed by atoms with E-state index in [0.717, 1.165) is 6.26 Å². The summed E-state index contributed by atoms with van der Waals surface area (Å²) >= 11 is 0. The maximum Gasteiger partial charge on any atom is 0.175 e. The van der Waals surface area contributed by atoms with Gasteiger partial charge in [0.1, 0.15) is 0 Å². The molecular weight excluding hydrogens is 278 g/mol. The van der Waals surface area contributed by atoms with Gasteiger partial charge in [-0.25, -0.2) is 22.8 Å². The van der Waals surface area contributed by atoms with Gasteiger partial charge in [0.05, 0.1) is 4.90 Å². The predicted molar refractivity (Wildman–Crippen MR) is 71.6 cm³/mol. The van der Waals surface area contributed by atoms with Gasteiger partial charge in [0, 0.05) is 43.2 Å². The van der Waals surface area contributed by atoms with E-state index in [-0.39, 0.29) is 4.90 Å². The normalized spacial score (nSPS) is 11.7. The van der Waals surface area contributed by atoms with E-state index in [1.165, 1.54) is 21.5 Å². The molecule has 0 saturated carbocycles. The van der Waals surface area contributed by atoms with Crippen molar-refractivity contribution in [3.8, 4) is 11.6 Å². The molecule has 3 aromatic heterocycles. The van der Waals surface area contributed by atoms with Crippen molar-refractivity contribution in [2.24, 2.45) is 0 Å². The highest BCUT2D eigenvalue weighted by molar-refractivity contribution is 7.90. The summed E-state index contributed by atoms with van der Waals surface area (Å²) in [6.45, 7) is 0. The largest absolute Gasteiger partial charge is 0.224 e. The van der Waals surface area contributed by atoms with E-state index in [1.807, 2.05) is 0 Å². The SMILES string of the molecule is CS(=O)(=O)c1cc(-n2cccn2)nc(-n2cccn2)c1. The fourth-order valence-corrected chi connectivity index (χ4v) is 2.37. The second-order valence-electron chi connectivity index (χ2n) is 4.19. The lowest BCUT2D eigenvalue weighted by atomic mass is 10.4. The van der Waals surface area contributed by atoms with Gasteiger partial charge in [-0.05, 0) is 12.1 Å². The van der Waals surface area contributed by atoms with E-state index < -0.39 is 9.84 Å². The van der Waals surface area contributed by atoms with Gasteiger partial charge in [-0.3, -0.25) is 0 Å². The summed E-state index contributed by atoms with van der Waals surface area (Å²) in [5, 5.41) is 8.12. The zero-order valence-electron chi connectivity index (χ0n) is 10.6. The lowest BCUT2D eigenvalue weighted by Crippen LogP contribution is -2.08. The minimum absolute atomic E-state index is 0.170. The first-order valence-corrected chi connectivity index (χ1v) is 7.65. The number of aromatic nitrogens is 5. The molecule has 3 aromatic rings. The highest BCUT2D eigenvalue weighted by Gasteiger charge is 2.13. The number of pyridine rings is 1. The first kappa shape index (κ1) is 12.5. The number of rotatable bonds is 3. The number of hydrogen-bond donors (Lipinski definition) is 0. The molecule has 3 rings (SSSR count). The Bertz CT molecular complexity index is 770. The van der Waals surface area contributed by atoms with Crippen molar-refractivity contribution in [3.05, 3.63) is 49.1 Å². The molecule has 0 atom stereocenters. The first-order valence-electron chi connectivity index (χ1n) is 5.76. The van der Waals surface area contributed by atoms with Crippen LogP contribution in [-0.4, -0.2) is 39.2 Å². The molecule has 7 nitrogen and oxygen atoms in total. The van der Waals surface area contributed by atoms with Gasteiger partial charge in [-0.1, -0.05) is 0 Å². The molecule has 0 aliphatic heterocycles. The topological polar surface area (TPSA) is 82.7 Å². The lowest BCUT2D eigenvalue weighted by Gasteiger charge is -2.08. The Kier molecular flexibility index (Phi) is 2.87. The maximum atomic E-state index is 11.8. The molecule has 0 N–H and O–H groups in total. The monoisotopic (exact) mass is 289 g/mol. The smallest absolute Gasteiger partial charge is 0.175 e. The van der Waals surface area contributed by atoms with E-state index in [1.54, 1.807) is 36.9 Å². The fourth-order valence-electron chi connectivity index (χ4n) is 1.74. The Balaban J connectivity index is 2.24. The highest BCUT2D eigenvalue weighted by Crippen LogP contribution is 2.16. The van der Waals surface area contributed by atoms with Crippen molar-refractivity contribution in [2.75, 3.05) is 6.26 Å². The second-order valence-corrected chi connectivity index (χ2v) is 6.21. The van der Waals surface area contributed by atoms with Gasteiger partial charge in [0.25, 0.3) is 0 Å². The number of hydrogen-bond acceptors (Lipinski definition) is 5. The third kappa shape index (κ3) is 2.32. The number of sulfone groups is 1. The summed E-state index contributed by atoms with van der Waals surface area (Å²) in [4.78, 5) is 4.54. The third-order valence-electron chi connectivity index (χ3n) is 2.68. The molecule has 0 aromatic carbocycles. The van der Waals surface area contributed by atoms with E-state index in [4.69, 9.17) is 0 Å². The molecule has 20 heavy (non-hydrogen) atoms. The van der Waals surface area contributed by atoms with Gasteiger partial charge in [-0.2, -0.15) is 10.2 Å². The molecule has 0 aliphatic carbocycles. The molecule has 0 amide bonds. The van der Waals surface area contributed by atoms with Crippen molar-refractivity contribution in [3.63, 3.8) is 0 Å². The Labute approximate surface area is 115 Å². The van der Waals surface area contributed by atoms with Crippen molar-refractivity contribution in [2.45, 2.75) is 4.90 Å². The van der Waals surface area contributed by atoms with Crippen LogP contribution in [0.4, 0.5) is 0 Å². The quantitative estimate of drug-likeness (QED) is 0.714. The van der Waals surface area contributed by atoms with Crippen LogP contribution in [0.1, 0.15) is 0 Å². The second kappa shape index (κ2) is 4.57. The Morgan fingerprint density at radius 2 is 1.45 bits per heavy atom. The summed E-state index contributed by atoms with van der Waals surface area (Å²) in [5.74, 6) is 0.840. The summed E-state index contributed by atoms with van der Waals surface area (Å²) in [7, 11) is -3.35. The molecule has 0 spiro atoms. The van der Waals surface area contributed by atoms with Crippen LogP contribution >= 0.6 is 0 Å². The zero-order valence-corrected chi connectivity index (χ0v) is 11.4.